The van der Waals surface area contributed by atoms with E-state index in [9.17, 15) is 0 Å². The Morgan fingerprint density at radius 3 is 1.89 bits per heavy atom. The molecule has 2 fully saturated rings. The number of piperidine rings is 1. The molecule has 0 bridgehead atoms. The van der Waals surface area contributed by atoms with Gasteiger partial charge in [-0.15, -0.1) is 0 Å². The molecule has 19 heavy (non-hydrogen) atoms. The zero-order valence-corrected chi connectivity index (χ0v) is 13.4. The number of hydrogen-bond acceptors (Lipinski definition) is 3. The van der Waals surface area contributed by atoms with Crippen LogP contribution in [0.15, 0.2) is 0 Å². The molecule has 0 aromatic rings. The molecule has 112 valence electrons. The molecule has 2 aliphatic rings. The van der Waals surface area contributed by atoms with E-state index in [2.05, 4.69) is 42.4 Å². The van der Waals surface area contributed by atoms with E-state index >= 15 is 0 Å². The summed E-state index contributed by atoms with van der Waals surface area (Å²) in [5.74, 6) is 0.806. The molecule has 0 amide bonds. The predicted octanol–water partition coefficient (Wildman–Crippen LogP) is 2.13. The third-order valence-electron chi connectivity index (χ3n) is 4.78. The van der Waals surface area contributed by atoms with Gasteiger partial charge < -0.3 is 9.80 Å². The van der Waals surface area contributed by atoms with Crippen LogP contribution in [-0.2, 0) is 0 Å². The third kappa shape index (κ3) is 4.44. The summed E-state index contributed by atoms with van der Waals surface area (Å²) in [4.78, 5) is 8.03. The molecule has 0 N–H and O–H groups in total. The minimum Gasteiger partial charge on any atom is -0.301 e. The smallest absolute Gasteiger partial charge is 0.0121 e. The Hall–Kier alpha value is -0.120. The first-order valence-electron chi connectivity index (χ1n) is 8.26. The summed E-state index contributed by atoms with van der Waals surface area (Å²) < 4.78 is 0. The molecule has 0 saturated carbocycles. The van der Waals surface area contributed by atoms with Gasteiger partial charge in [0.15, 0.2) is 0 Å². The fraction of sp³-hybridized carbons (Fsp3) is 1.00. The van der Waals surface area contributed by atoms with Crippen molar-refractivity contribution in [2.24, 2.45) is 5.92 Å². The molecule has 2 saturated heterocycles. The Kier molecular flexibility index (Phi) is 5.67. The van der Waals surface area contributed by atoms with Gasteiger partial charge in [-0.3, -0.25) is 4.90 Å². The van der Waals surface area contributed by atoms with Crippen molar-refractivity contribution in [3.63, 3.8) is 0 Å². The van der Waals surface area contributed by atoms with Crippen molar-refractivity contribution >= 4 is 0 Å². The maximum Gasteiger partial charge on any atom is 0.0121 e. The lowest BCUT2D eigenvalue weighted by atomic mass is 10.0. The summed E-state index contributed by atoms with van der Waals surface area (Å²) in [5.41, 5.74) is 0. The maximum absolute atomic E-state index is 2.76. The zero-order chi connectivity index (χ0) is 13.8. The highest BCUT2D eigenvalue weighted by molar-refractivity contribution is 4.84. The second-order valence-electron chi connectivity index (χ2n) is 7.09. The fourth-order valence-electron chi connectivity index (χ4n) is 3.59. The van der Waals surface area contributed by atoms with Crippen LogP contribution in [0.2, 0.25) is 0 Å². The average Bonchev–Trinajstić information content (AvgIpc) is 2.39. The molecule has 0 spiro atoms. The molecule has 2 heterocycles. The van der Waals surface area contributed by atoms with Crippen molar-refractivity contribution in [3.05, 3.63) is 0 Å². The van der Waals surface area contributed by atoms with Crippen molar-refractivity contribution in [1.29, 1.82) is 0 Å². The Labute approximate surface area is 119 Å². The molecule has 2 aliphatic heterocycles. The van der Waals surface area contributed by atoms with E-state index < -0.39 is 0 Å². The Morgan fingerprint density at radius 1 is 0.842 bits per heavy atom. The number of hydrogen-bond donors (Lipinski definition) is 0. The van der Waals surface area contributed by atoms with Crippen LogP contribution in [0.25, 0.3) is 0 Å². The first kappa shape index (κ1) is 15.3. The predicted molar refractivity (Wildman–Crippen MR) is 82.6 cm³/mol. The molecule has 0 aromatic carbocycles. The lowest BCUT2D eigenvalue weighted by Crippen LogP contribution is -2.54. The van der Waals surface area contributed by atoms with Crippen molar-refractivity contribution in [1.82, 2.24) is 14.7 Å². The topological polar surface area (TPSA) is 9.72 Å². The van der Waals surface area contributed by atoms with Crippen LogP contribution in [0.5, 0.6) is 0 Å². The van der Waals surface area contributed by atoms with Gasteiger partial charge in [0.05, 0.1) is 0 Å². The lowest BCUT2D eigenvalue weighted by molar-refractivity contribution is 0.0486. The van der Waals surface area contributed by atoms with Gasteiger partial charge in [-0.2, -0.15) is 0 Å². The van der Waals surface area contributed by atoms with Gasteiger partial charge in [0.1, 0.15) is 0 Å². The van der Waals surface area contributed by atoms with E-state index in [0.717, 1.165) is 18.0 Å². The van der Waals surface area contributed by atoms with Crippen LogP contribution in [0, 0.1) is 5.92 Å². The van der Waals surface area contributed by atoms with Crippen molar-refractivity contribution in [3.8, 4) is 0 Å². The third-order valence-corrected chi connectivity index (χ3v) is 4.78. The van der Waals surface area contributed by atoms with Crippen LogP contribution < -0.4 is 0 Å². The molecular formula is C16H33N3. The van der Waals surface area contributed by atoms with Gasteiger partial charge in [0.25, 0.3) is 0 Å². The summed E-state index contributed by atoms with van der Waals surface area (Å²) >= 11 is 0. The van der Waals surface area contributed by atoms with E-state index in [-0.39, 0.29) is 0 Å². The molecular weight excluding hydrogens is 234 g/mol. The summed E-state index contributed by atoms with van der Waals surface area (Å²) in [6, 6.07) is 1.58. The molecule has 3 nitrogen and oxygen atoms in total. The van der Waals surface area contributed by atoms with Crippen LogP contribution in [-0.4, -0.2) is 72.6 Å². The fourth-order valence-corrected chi connectivity index (χ4v) is 3.59. The van der Waals surface area contributed by atoms with E-state index in [4.69, 9.17) is 0 Å². The van der Waals surface area contributed by atoms with Gasteiger partial charge in [-0.05, 0) is 45.7 Å². The molecule has 0 atom stereocenters. The highest BCUT2D eigenvalue weighted by Gasteiger charge is 2.28. The summed E-state index contributed by atoms with van der Waals surface area (Å²) in [6.07, 6.45) is 2.75. The van der Waals surface area contributed by atoms with Crippen molar-refractivity contribution < 1.29 is 0 Å². The maximum atomic E-state index is 2.76. The quantitative estimate of drug-likeness (QED) is 0.772. The monoisotopic (exact) mass is 267 g/mol. The highest BCUT2D eigenvalue weighted by atomic mass is 15.3. The number of nitrogens with zero attached hydrogens (tertiary/aromatic N) is 3. The molecule has 0 aromatic heterocycles. The SMILES string of the molecule is CC(C)CN1CCN(C2CCN(C(C)C)CC2)CC1. The molecule has 3 heteroatoms. The molecule has 0 radical (unpaired) electrons. The van der Waals surface area contributed by atoms with Gasteiger partial charge in [-0.1, -0.05) is 13.8 Å². The van der Waals surface area contributed by atoms with Gasteiger partial charge >= 0.3 is 0 Å². The average molecular weight is 267 g/mol. The second-order valence-corrected chi connectivity index (χ2v) is 7.09. The Bertz CT molecular complexity index is 249. The number of piperazine rings is 1. The van der Waals surface area contributed by atoms with Crippen molar-refractivity contribution in [2.75, 3.05) is 45.8 Å². The highest BCUT2D eigenvalue weighted by Crippen LogP contribution is 2.19. The Balaban J connectivity index is 1.71. The minimum absolute atomic E-state index is 0.726. The standard InChI is InChI=1S/C16H33N3/c1-14(2)13-17-9-11-19(12-10-17)16-5-7-18(8-6-16)15(3)4/h14-16H,5-13H2,1-4H3. The van der Waals surface area contributed by atoms with Crippen LogP contribution in [0.3, 0.4) is 0 Å². The normalized spacial score (nSPS) is 25.6. The summed E-state index contributed by atoms with van der Waals surface area (Å²) in [7, 11) is 0. The van der Waals surface area contributed by atoms with Gasteiger partial charge in [0.2, 0.25) is 0 Å². The van der Waals surface area contributed by atoms with Crippen LogP contribution >= 0.6 is 0 Å². The van der Waals surface area contributed by atoms with E-state index in [0.29, 0.717) is 0 Å². The van der Waals surface area contributed by atoms with E-state index in [1.54, 1.807) is 0 Å². The lowest BCUT2D eigenvalue weighted by Gasteiger charge is -2.43. The zero-order valence-electron chi connectivity index (χ0n) is 13.4. The van der Waals surface area contributed by atoms with Gasteiger partial charge in [0, 0.05) is 44.8 Å². The first-order chi connectivity index (χ1) is 9.06. The minimum atomic E-state index is 0.726. The van der Waals surface area contributed by atoms with E-state index in [1.165, 1.54) is 58.7 Å². The number of likely N-dealkylation sites (tertiary alicyclic amines) is 1. The summed E-state index contributed by atoms with van der Waals surface area (Å²) in [5, 5.41) is 0. The van der Waals surface area contributed by atoms with Crippen LogP contribution in [0.1, 0.15) is 40.5 Å². The number of rotatable bonds is 4. The van der Waals surface area contributed by atoms with E-state index in [1.807, 2.05) is 0 Å². The second kappa shape index (κ2) is 7.05. The molecule has 0 unspecified atom stereocenters. The Morgan fingerprint density at radius 2 is 1.42 bits per heavy atom. The first-order valence-corrected chi connectivity index (χ1v) is 8.26. The van der Waals surface area contributed by atoms with Gasteiger partial charge in [-0.25, -0.2) is 0 Å². The largest absolute Gasteiger partial charge is 0.301 e. The van der Waals surface area contributed by atoms with Crippen molar-refractivity contribution in [2.45, 2.75) is 52.6 Å². The summed E-state index contributed by atoms with van der Waals surface area (Å²) in [6.45, 7) is 18.3. The molecule has 2 rings (SSSR count). The molecule has 0 aliphatic carbocycles. The van der Waals surface area contributed by atoms with Crippen LogP contribution in [0.4, 0.5) is 0 Å².